The van der Waals surface area contributed by atoms with Crippen LogP contribution in [0, 0.1) is 6.92 Å². The maximum atomic E-state index is 12.2. The van der Waals surface area contributed by atoms with Crippen LogP contribution in [0.5, 0.6) is 0 Å². The van der Waals surface area contributed by atoms with E-state index >= 15 is 0 Å². The zero-order valence-electron chi connectivity index (χ0n) is 23.1. The normalized spacial score (nSPS) is 13.9. The maximum absolute atomic E-state index is 12.2. The molecule has 0 radical (unpaired) electrons. The third-order valence-corrected chi connectivity index (χ3v) is 6.40. The summed E-state index contributed by atoms with van der Waals surface area (Å²) in [5.41, 5.74) is 5.63. The smallest absolute Gasteiger partial charge is 0.160 e. The first-order valence-corrected chi connectivity index (χ1v) is 13.7. The van der Waals surface area contributed by atoms with Crippen molar-refractivity contribution in [3.05, 3.63) is 66.0 Å². The van der Waals surface area contributed by atoms with Gasteiger partial charge in [-0.1, -0.05) is 57.9 Å². The summed E-state index contributed by atoms with van der Waals surface area (Å²) < 4.78 is 9.29. The van der Waals surface area contributed by atoms with Gasteiger partial charge in [-0.3, -0.25) is 4.79 Å². The van der Waals surface area contributed by atoms with Crippen LogP contribution in [0.1, 0.15) is 58.2 Å². The van der Waals surface area contributed by atoms with Crippen LogP contribution in [0.25, 0.3) is 28.3 Å². The van der Waals surface area contributed by atoms with E-state index in [-0.39, 0.29) is 5.78 Å². The van der Waals surface area contributed by atoms with E-state index in [1.165, 1.54) is 5.56 Å². The van der Waals surface area contributed by atoms with Crippen molar-refractivity contribution < 1.29 is 9.53 Å². The number of hydrogen-bond acceptors (Lipinski definition) is 6. The Kier molecular flexibility index (Phi) is 9.07. The fraction of sp³-hybridized carbons (Fsp3) is 0.400. The van der Waals surface area contributed by atoms with Crippen molar-refractivity contribution in [3.8, 4) is 17.1 Å². The number of ether oxygens (including phenoxy) is 1. The first-order valence-electron chi connectivity index (χ1n) is 13.7. The second-order valence-corrected chi connectivity index (χ2v) is 9.13. The van der Waals surface area contributed by atoms with Gasteiger partial charge >= 0.3 is 0 Å². The fourth-order valence-electron chi connectivity index (χ4n) is 4.49. The SMILES string of the molecule is CC.CCC/C(=C\C(=O)CC)c1cc2nc(-n3ccc(-c4cccc(C)c4)n3)cc(N3CCOCC3)n2n1. The standard InChI is InChI=1S/C28H32N6O2.C2H6/c1-4-7-21(17-23(35)5-2)25-18-27-29-26(19-28(34(27)31-25)32-12-14-36-15-13-32)33-11-10-24(30-33)22-9-6-8-20(3)16-22;1-2/h6,8-11,16-19H,4-5,7,12-15H2,1-3H3;1-2H3/b21-17+;. The highest BCUT2D eigenvalue weighted by molar-refractivity contribution is 5.96. The molecule has 38 heavy (non-hydrogen) atoms. The minimum absolute atomic E-state index is 0.109. The minimum Gasteiger partial charge on any atom is -0.378 e. The molecule has 8 nitrogen and oxygen atoms in total. The van der Waals surface area contributed by atoms with E-state index in [2.05, 4.69) is 36.9 Å². The number of hydrogen-bond donors (Lipinski definition) is 0. The Morgan fingerprint density at radius 2 is 1.84 bits per heavy atom. The van der Waals surface area contributed by atoms with Crippen LogP contribution < -0.4 is 4.90 Å². The number of aromatic nitrogens is 5. The Morgan fingerprint density at radius 1 is 1.05 bits per heavy atom. The molecule has 200 valence electrons. The molecule has 5 rings (SSSR count). The molecular formula is C30H38N6O2. The largest absolute Gasteiger partial charge is 0.378 e. The van der Waals surface area contributed by atoms with Gasteiger partial charge < -0.3 is 9.64 Å². The van der Waals surface area contributed by atoms with E-state index in [0.717, 1.165) is 65.7 Å². The maximum Gasteiger partial charge on any atom is 0.160 e. The van der Waals surface area contributed by atoms with Gasteiger partial charge in [0.05, 0.1) is 24.6 Å². The summed E-state index contributed by atoms with van der Waals surface area (Å²) >= 11 is 0. The Balaban J connectivity index is 0.00000164. The number of anilines is 1. The zero-order valence-corrected chi connectivity index (χ0v) is 23.1. The number of benzene rings is 1. The molecule has 0 unspecified atom stereocenters. The average Bonchev–Trinajstić information content (AvgIpc) is 3.62. The first-order chi connectivity index (χ1) is 18.6. The molecule has 1 saturated heterocycles. The lowest BCUT2D eigenvalue weighted by molar-refractivity contribution is -0.114. The van der Waals surface area contributed by atoms with Crippen molar-refractivity contribution in [2.24, 2.45) is 0 Å². The van der Waals surface area contributed by atoms with Crippen LogP contribution in [0.4, 0.5) is 5.82 Å². The topological polar surface area (TPSA) is 77.5 Å². The van der Waals surface area contributed by atoms with E-state index < -0.39 is 0 Å². The van der Waals surface area contributed by atoms with Crippen molar-refractivity contribution in [3.63, 3.8) is 0 Å². The van der Waals surface area contributed by atoms with Gasteiger partial charge in [0.15, 0.2) is 17.2 Å². The highest BCUT2D eigenvalue weighted by atomic mass is 16.5. The highest BCUT2D eigenvalue weighted by Gasteiger charge is 2.20. The second kappa shape index (κ2) is 12.6. The predicted molar refractivity (Wildman–Crippen MR) is 153 cm³/mol. The van der Waals surface area contributed by atoms with E-state index in [9.17, 15) is 4.79 Å². The minimum atomic E-state index is 0.109. The summed E-state index contributed by atoms with van der Waals surface area (Å²) in [5, 5.41) is 9.74. The third-order valence-electron chi connectivity index (χ3n) is 6.40. The van der Waals surface area contributed by atoms with E-state index in [0.29, 0.717) is 19.6 Å². The third kappa shape index (κ3) is 6.02. The van der Waals surface area contributed by atoms with Gasteiger partial charge in [-0.15, -0.1) is 0 Å². The van der Waals surface area contributed by atoms with Gasteiger partial charge in [0, 0.05) is 43.4 Å². The van der Waals surface area contributed by atoms with Gasteiger partial charge in [-0.25, -0.2) is 9.67 Å². The Hall–Kier alpha value is -3.78. The van der Waals surface area contributed by atoms with Gasteiger partial charge in [-0.2, -0.15) is 14.7 Å². The van der Waals surface area contributed by atoms with Crippen molar-refractivity contribution in [1.29, 1.82) is 0 Å². The number of nitrogens with zero attached hydrogens (tertiary/aromatic N) is 6. The fourth-order valence-corrected chi connectivity index (χ4v) is 4.49. The van der Waals surface area contributed by atoms with Crippen LogP contribution in [0.15, 0.2) is 54.7 Å². The van der Waals surface area contributed by atoms with Crippen molar-refractivity contribution in [2.45, 2.75) is 53.9 Å². The van der Waals surface area contributed by atoms with Crippen LogP contribution in [0.2, 0.25) is 0 Å². The molecule has 3 aromatic heterocycles. The molecule has 4 aromatic rings. The molecule has 4 heterocycles. The molecule has 0 N–H and O–H groups in total. The number of fused-ring (bicyclic) bond motifs is 1. The Bertz CT molecular complexity index is 1410. The van der Waals surface area contributed by atoms with Crippen LogP contribution in [-0.4, -0.2) is 56.5 Å². The van der Waals surface area contributed by atoms with Crippen LogP contribution in [-0.2, 0) is 9.53 Å². The summed E-state index contributed by atoms with van der Waals surface area (Å²) in [6.45, 7) is 12.9. The number of rotatable bonds is 8. The second-order valence-electron chi connectivity index (χ2n) is 9.13. The molecule has 0 atom stereocenters. The van der Waals surface area contributed by atoms with Crippen LogP contribution >= 0.6 is 0 Å². The number of carbonyl (C=O) groups excluding carboxylic acids is 1. The molecule has 8 heteroatoms. The van der Waals surface area contributed by atoms with Crippen molar-refractivity contribution in [2.75, 3.05) is 31.2 Å². The van der Waals surface area contributed by atoms with Gasteiger partial charge in [0.2, 0.25) is 0 Å². The lowest BCUT2D eigenvalue weighted by atomic mass is 10.1. The number of aryl methyl sites for hydroxylation is 1. The lowest BCUT2D eigenvalue weighted by Gasteiger charge is -2.29. The van der Waals surface area contributed by atoms with Crippen molar-refractivity contribution in [1.82, 2.24) is 24.4 Å². The molecule has 0 spiro atoms. The van der Waals surface area contributed by atoms with Crippen molar-refractivity contribution >= 4 is 22.8 Å². The van der Waals surface area contributed by atoms with E-state index in [4.69, 9.17) is 19.9 Å². The van der Waals surface area contributed by atoms with Gasteiger partial charge in [-0.05, 0) is 37.1 Å². The number of ketones is 1. The number of allylic oxidation sites excluding steroid dienone is 2. The molecule has 1 aliphatic heterocycles. The predicted octanol–water partition coefficient (Wildman–Crippen LogP) is 5.92. The van der Waals surface area contributed by atoms with Crippen LogP contribution in [0.3, 0.4) is 0 Å². The summed E-state index contributed by atoms with van der Waals surface area (Å²) in [4.78, 5) is 19.4. The summed E-state index contributed by atoms with van der Waals surface area (Å²) in [7, 11) is 0. The first kappa shape index (κ1) is 27.3. The van der Waals surface area contributed by atoms with Gasteiger partial charge in [0.1, 0.15) is 5.82 Å². The molecule has 0 bridgehead atoms. The molecule has 0 aliphatic carbocycles. The summed E-state index contributed by atoms with van der Waals surface area (Å²) in [6.07, 6.45) is 5.88. The molecule has 1 aromatic carbocycles. The van der Waals surface area contributed by atoms with E-state index in [1.54, 1.807) is 6.08 Å². The lowest BCUT2D eigenvalue weighted by Crippen LogP contribution is -2.37. The number of carbonyl (C=O) groups is 1. The summed E-state index contributed by atoms with van der Waals surface area (Å²) in [6, 6.07) is 14.3. The monoisotopic (exact) mass is 514 g/mol. The molecular weight excluding hydrogens is 476 g/mol. The Labute approximate surface area is 224 Å². The number of morpholine rings is 1. The quantitative estimate of drug-likeness (QED) is 0.272. The highest BCUT2D eigenvalue weighted by Crippen LogP contribution is 2.26. The molecule has 1 fully saturated rings. The van der Waals surface area contributed by atoms with Gasteiger partial charge in [0.25, 0.3) is 0 Å². The molecule has 0 amide bonds. The molecule has 1 aliphatic rings. The molecule has 0 saturated carbocycles. The zero-order chi connectivity index (χ0) is 27.1. The Morgan fingerprint density at radius 3 is 2.55 bits per heavy atom. The van der Waals surface area contributed by atoms with E-state index in [1.807, 2.05) is 60.4 Å². The average molecular weight is 515 g/mol. The summed E-state index contributed by atoms with van der Waals surface area (Å²) in [5.74, 6) is 1.77.